The molecule has 8 heteroatoms. The molecule has 2 atom stereocenters. The van der Waals surface area contributed by atoms with Gasteiger partial charge < -0.3 is 10.6 Å². The molecule has 5 nitrogen and oxygen atoms in total. The number of carbonyl (C=O) groups is 2. The second-order valence-electron chi connectivity index (χ2n) is 6.52. The molecule has 0 spiro atoms. The minimum atomic E-state index is -0.560. The Balaban J connectivity index is 1.91. The van der Waals surface area contributed by atoms with E-state index >= 15 is 0 Å². The number of nitrogens with zero attached hydrogens (tertiary/aromatic N) is 1. The smallest absolute Gasteiger partial charge is 0.238 e. The third-order valence-electron chi connectivity index (χ3n) is 4.39. The van der Waals surface area contributed by atoms with Gasteiger partial charge in [0.1, 0.15) is 5.82 Å². The van der Waals surface area contributed by atoms with E-state index in [-0.39, 0.29) is 30.2 Å². The number of nitrogens with one attached hydrogen (secondary N) is 2. The zero-order valence-corrected chi connectivity index (χ0v) is 17.3. The summed E-state index contributed by atoms with van der Waals surface area (Å²) in [7, 11) is 1.67. The third kappa shape index (κ3) is 5.92. The average molecular weight is 426 g/mol. The van der Waals surface area contributed by atoms with Crippen LogP contribution in [0.2, 0.25) is 10.0 Å². The quantitative estimate of drug-likeness (QED) is 0.695. The summed E-state index contributed by atoms with van der Waals surface area (Å²) in [4.78, 5) is 26.4. The van der Waals surface area contributed by atoms with Gasteiger partial charge in [-0.25, -0.2) is 4.39 Å². The fourth-order valence-electron chi connectivity index (χ4n) is 2.53. The summed E-state index contributed by atoms with van der Waals surface area (Å²) in [6.07, 6.45) is 0. The second-order valence-corrected chi connectivity index (χ2v) is 7.33. The standard InChI is InChI=1S/C20H22Cl2FN3O2/c1-12(14-7-9-15(23)10-8-14)24-20(28)13(2)26(3)11-18(27)25-19-16(21)5-4-6-17(19)22/h4-10,12-13H,11H2,1-3H3,(H,24,28)(H,25,27). The largest absolute Gasteiger partial charge is 0.348 e. The van der Waals surface area contributed by atoms with Gasteiger partial charge in [0.25, 0.3) is 0 Å². The molecule has 0 bridgehead atoms. The Morgan fingerprint density at radius 1 is 1.07 bits per heavy atom. The van der Waals surface area contributed by atoms with Gasteiger partial charge in [0.2, 0.25) is 11.8 Å². The molecule has 0 saturated heterocycles. The van der Waals surface area contributed by atoms with Crippen molar-refractivity contribution in [1.82, 2.24) is 10.2 Å². The Morgan fingerprint density at radius 2 is 1.64 bits per heavy atom. The second kappa shape index (κ2) is 9.87. The normalized spacial score (nSPS) is 13.1. The summed E-state index contributed by atoms with van der Waals surface area (Å²) in [6.45, 7) is 3.48. The lowest BCUT2D eigenvalue weighted by molar-refractivity contribution is -0.127. The van der Waals surface area contributed by atoms with Crippen molar-refractivity contribution in [1.29, 1.82) is 0 Å². The predicted octanol–water partition coefficient (Wildman–Crippen LogP) is 4.27. The maximum atomic E-state index is 13.0. The summed E-state index contributed by atoms with van der Waals surface area (Å²) in [5.74, 6) is -0.924. The molecule has 0 aliphatic carbocycles. The summed E-state index contributed by atoms with van der Waals surface area (Å²) in [6, 6.07) is 10.0. The first kappa shape index (κ1) is 22.1. The lowest BCUT2D eigenvalue weighted by Crippen LogP contribution is -2.46. The van der Waals surface area contributed by atoms with E-state index in [9.17, 15) is 14.0 Å². The van der Waals surface area contributed by atoms with Crippen LogP contribution in [-0.4, -0.2) is 36.3 Å². The van der Waals surface area contributed by atoms with Gasteiger partial charge >= 0.3 is 0 Å². The molecule has 2 aromatic carbocycles. The van der Waals surface area contributed by atoms with Gasteiger partial charge in [0.05, 0.1) is 34.4 Å². The van der Waals surface area contributed by atoms with E-state index in [2.05, 4.69) is 10.6 Å². The van der Waals surface area contributed by atoms with Crippen LogP contribution in [0.15, 0.2) is 42.5 Å². The molecular formula is C20H22Cl2FN3O2. The van der Waals surface area contributed by atoms with Crippen LogP contribution in [0.1, 0.15) is 25.5 Å². The fraction of sp³-hybridized carbons (Fsp3) is 0.300. The predicted molar refractivity (Wildman–Crippen MR) is 110 cm³/mol. The molecule has 2 amide bonds. The van der Waals surface area contributed by atoms with Crippen molar-refractivity contribution in [3.05, 3.63) is 63.9 Å². The number of para-hydroxylation sites is 1. The molecule has 2 rings (SSSR count). The Hall–Kier alpha value is -2.15. The molecule has 28 heavy (non-hydrogen) atoms. The summed E-state index contributed by atoms with van der Waals surface area (Å²) in [5.41, 5.74) is 1.13. The molecule has 2 aromatic rings. The number of carbonyl (C=O) groups excluding carboxylic acids is 2. The molecule has 0 aliphatic heterocycles. The number of hydrogen-bond donors (Lipinski definition) is 2. The maximum absolute atomic E-state index is 13.0. The van der Waals surface area contributed by atoms with Crippen molar-refractivity contribution < 1.29 is 14.0 Å². The first-order valence-electron chi connectivity index (χ1n) is 8.69. The highest BCUT2D eigenvalue weighted by Crippen LogP contribution is 2.29. The molecule has 0 saturated carbocycles. The van der Waals surface area contributed by atoms with Crippen molar-refractivity contribution >= 4 is 40.7 Å². The highest BCUT2D eigenvalue weighted by Gasteiger charge is 2.22. The van der Waals surface area contributed by atoms with E-state index in [1.54, 1.807) is 49.2 Å². The van der Waals surface area contributed by atoms with Crippen LogP contribution in [0.25, 0.3) is 0 Å². The SMILES string of the molecule is CC(NC(=O)C(C)N(C)CC(=O)Nc1c(Cl)cccc1Cl)c1ccc(F)cc1. The Labute approximate surface area is 173 Å². The van der Waals surface area contributed by atoms with E-state index < -0.39 is 6.04 Å². The van der Waals surface area contributed by atoms with E-state index in [1.165, 1.54) is 12.1 Å². The Kier molecular flexibility index (Phi) is 7.80. The number of rotatable bonds is 7. The highest BCUT2D eigenvalue weighted by atomic mass is 35.5. The average Bonchev–Trinajstić information content (AvgIpc) is 2.64. The minimum absolute atomic E-state index is 0.0267. The van der Waals surface area contributed by atoms with Crippen LogP contribution in [0.4, 0.5) is 10.1 Å². The van der Waals surface area contributed by atoms with Gasteiger partial charge in [-0.2, -0.15) is 0 Å². The molecule has 150 valence electrons. The van der Waals surface area contributed by atoms with Crippen LogP contribution < -0.4 is 10.6 Å². The third-order valence-corrected chi connectivity index (χ3v) is 5.02. The number of anilines is 1. The van der Waals surface area contributed by atoms with Gasteiger partial charge in [-0.3, -0.25) is 14.5 Å². The maximum Gasteiger partial charge on any atom is 0.238 e. The number of hydrogen-bond acceptors (Lipinski definition) is 3. The fourth-order valence-corrected chi connectivity index (χ4v) is 3.02. The lowest BCUT2D eigenvalue weighted by atomic mass is 10.1. The Morgan fingerprint density at radius 3 is 2.21 bits per heavy atom. The van der Waals surface area contributed by atoms with Crippen molar-refractivity contribution in [2.24, 2.45) is 0 Å². The van der Waals surface area contributed by atoms with Gasteiger partial charge in [0, 0.05) is 0 Å². The molecule has 0 radical (unpaired) electrons. The minimum Gasteiger partial charge on any atom is -0.348 e. The number of benzene rings is 2. The number of likely N-dealkylation sites (N-methyl/N-ethyl adjacent to an activating group) is 1. The monoisotopic (exact) mass is 425 g/mol. The van der Waals surface area contributed by atoms with E-state index in [4.69, 9.17) is 23.2 Å². The van der Waals surface area contributed by atoms with Crippen LogP contribution in [-0.2, 0) is 9.59 Å². The number of halogens is 3. The van der Waals surface area contributed by atoms with Gasteiger partial charge in [-0.15, -0.1) is 0 Å². The first-order chi connectivity index (χ1) is 13.2. The zero-order chi connectivity index (χ0) is 20.8. The van der Waals surface area contributed by atoms with E-state index in [0.717, 1.165) is 5.56 Å². The van der Waals surface area contributed by atoms with E-state index in [1.807, 2.05) is 6.92 Å². The van der Waals surface area contributed by atoms with Crippen LogP contribution in [0, 0.1) is 5.82 Å². The summed E-state index contributed by atoms with van der Waals surface area (Å²) in [5, 5.41) is 6.20. The molecule has 2 unspecified atom stereocenters. The van der Waals surface area contributed by atoms with Gasteiger partial charge in [-0.1, -0.05) is 41.4 Å². The van der Waals surface area contributed by atoms with Gasteiger partial charge in [-0.05, 0) is 50.7 Å². The topological polar surface area (TPSA) is 61.4 Å². The molecule has 0 heterocycles. The highest BCUT2D eigenvalue weighted by molar-refractivity contribution is 6.39. The molecule has 2 N–H and O–H groups in total. The molecule has 0 fully saturated rings. The van der Waals surface area contributed by atoms with Crippen molar-refractivity contribution in [3.63, 3.8) is 0 Å². The zero-order valence-electron chi connectivity index (χ0n) is 15.8. The van der Waals surface area contributed by atoms with Crippen molar-refractivity contribution in [2.75, 3.05) is 18.9 Å². The summed E-state index contributed by atoms with van der Waals surface area (Å²) < 4.78 is 13.0. The van der Waals surface area contributed by atoms with Crippen LogP contribution >= 0.6 is 23.2 Å². The molecule has 0 aromatic heterocycles. The molecular weight excluding hydrogens is 404 g/mol. The van der Waals surface area contributed by atoms with Gasteiger partial charge in [0.15, 0.2) is 0 Å². The lowest BCUT2D eigenvalue weighted by Gasteiger charge is -2.25. The molecule has 0 aliphatic rings. The Bertz CT molecular complexity index is 826. The first-order valence-corrected chi connectivity index (χ1v) is 9.44. The van der Waals surface area contributed by atoms with Crippen LogP contribution in [0.3, 0.4) is 0 Å². The van der Waals surface area contributed by atoms with Crippen molar-refractivity contribution in [3.8, 4) is 0 Å². The van der Waals surface area contributed by atoms with Crippen LogP contribution in [0.5, 0.6) is 0 Å². The van der Waals surface area contributed by atoms with E-state index in [0.29, 0.717) is 15.7 Å². The van der Waals surface area contributed by atoms with Crippen molar-refractivity contribution in [2.45, 2.75) is 25.9 Å². The number of amides is 2. The summed E-state index contributed by atoms with van der Waals surface area (Å²) >= 11 is 12.1.